The Balaban J connectivity index is 2.24. The Kier molecular flexibility index (Phi) is 7.45. The minimum Gasteiger partial charge on any atom is -0.372 e. The lowest BCUT2D eigenvalue weighted by Crippen LogP contribution is -2.36. The largest absolute Gasteiger partial charge is 0.372 e. The lowest BCUT2D eigenvalue weighted by atomic mass is 10.2. The molecule has 0 amide bonds. The van der Waals surface area contributed by atoms with Crippen molar-refractivity contribution in [1.29, 1.82) is 0 Å². The first-order valence-electron chi connectivity index (χ1n) is 9.07. The summed E-state index contributed by atoms with van der Waals surface area (Å²) >= 11 is 0. The van der Waals surface area contributed by atoms with Gasteiger partial charge in [-0.25, -0.2) is 4.67 Å². The van der Waals surface area contributed by atoms with E-state index in [0.717, 1.165) is 11.4 Å². The van der Waals surface area contributed by atoms with Gasteiger partial charge in [-0.2, -0.15) is 0 Å². The molecule has 0 aliphatic carbocycles. The lowest BCUT2D eigenvalue weighted by molar-refractivity contribution is 0.446. The molecule has 0 unspecified atom stereocenters. The zero-order chi connectivity index (χ0) is 20.0. The van der Waals surface area contributed by atoms with Crippen LogP contribution in [0.4, 0.5) is 11.4 Å². The monoisotopic (exact) mass is 388 g/mol. The second-order valence-electron chi connectivity index (χ2n) is 7.17. The summed E-state index contributed by atoms with van der Waals surface area (Å²) in [6.07, 6.45) is 0. The van der Waals surface area contributed by atoms with Crippen LogP contribution in [0.3, 0.4) is 0 Å². The number of hydrogen-bond acceptors (Lipinski definition) is 2. The van der Waals surface area contributed by atoms with Crippen LogP contribution in [0.1, 0.15) is 11.1 Å². The fourth-order valence-corrected chi connectivity index (χ4v) is 5.91. The van der Waals surface area contributed by atoms with Crippen molar-refractivity contribution in [1.82, 2.24) is 14.0 Å². The van der Waals surface area contributed by atoms with E-state index in [1.54, 1.807) is 0 Å². The van der Waals surface area contributed by atoms with Crippen LogP contribution >= 0.6 is 7.51 Å². The third-order valence-corrected chi connectivity index (χ3v) is 8.03. The van der Waals surface area contributed by atoms with Gasteiger partial charge >= 0.3 is 0 Å². The van der Waals surface area contributed by atoms with Gasteiger partial charge < -0.3 is 5.32 Å². The zero-order valence-electron chi connectivity index (χ0n) is 17.6. The molecule has 6 nitrogen and oxygen atoms in total. The van der Waals surface area contributed by atoms with Gasteiger partial charge in [-0.05, 0) is 73.4 Å². The van der Waals surface area contributed by atoms with E-state index in [2.05, 4.69) is 122 Å². The molecular formula is C20H33N6P. The van der Waals surface area contributed by atoms with Gasteiger partial charge in [0, 0.05) is 5.69 Å². The van der Waals surface area contributed by atoms with Crippen LogP contribution in [0, 0.1) is 13.8 Å². The second-order valence-corrected chi connectivity index (χ2v) is 10.7. The topological polar surface area (TPSA) is 46.1 Å². The molecule has 0 bridgehead atoms. The summed E-state index contributed by atoms with van der Waals surface area (Å²) in [7, 11) is 8.32. The van der Waals surface area contributed by atoms with E-state index in [-0.39, 0.29) is 0 Å². The van der Waals surface area contributed by atoms with Gasteiger partial charge in [0.1, 0.15) is 0 Å². The predicted octanol–water partition coefficient (Wildman–Crippen LogP) is 4.70. The normalized spacial score (nSPS) is 11.9. The number of aryl methyl sites for hydroxylation is 2. The molecule has 2 N–H and O–H groups in total. The van der Waals surface area contributed by atoms with Gasteiger partial charge in [0.25, 0.3) is 0 Å². The first kappa shape index (κ1) is 21.5. The Morgan fingerprint density at radius 1 is 0.741 bits per heavy atom. The molecule has 0 aliphatic rings. The zero-order valence-corrected chi connectivity index (χ0v) is 18.5. The SMILES string of the molecule is Cc1ccc(NCN(C)P(=NNc2ccc(C)cc2)(N(C)C)N(C)C)cc1. The first-order chi connectivity index (χ1) is 12.8. The van der Waals surface area contributed by atoms with Crippen LogP contribution in [0.15, 0.2) is 53.4 Å². The van der Waals surface area contributed by atoms with Crippen LogP contribution in [0.2, 0.25) is 0 Å². The molecular weight excluding hydrogens is 355 g/mol. The summed E-state index contributed by atoms with van der Waals surface area (Å²) in [5.41, 5.74) is 7.88. The maximum absolute atomic E-state index is 4.98. The van der Waals surface area contributed by atoms with Crippen molar-refractivity contribution >= 4 is 18.9 Å². The maximum atomic E-state index is 4.98. The Morgan fingerprint density at radius 3 is 1.63 bits per heavy atom. The van der Waals surface area contributed by atoms with Crippen molar-refractivity contribution in [2.45, 2.75) is 13.8 Å². The molecule has 0 aliphatic heterocycles. The van der Waals surface area contributed by atoms with Gasteiger partial charge in [0.15, 0.2) is 7.51 Å². The number of benzene rings is 2. The quantitative estimate of drug-likeness (QED) is 0.390. The molecule has 0 fully saturated rings. The average molecular weight is 389 g/mol. The number of anilines is 2. The summed E-state index contributed by atoms with van der Waals surface area (Å²) < 4.78 is 6.67. The molecule has 7 heteroatoms. The number of hydrogen-bond donors (Lipinski definition) is 2. The van der Waals surface area contributed by atoms with E-state index in [1.807, 2.05) is 0 Å². The van der Waals surface area contributed by atoms with E-state index in [0.29, 0.717) is 6.67 Å². The molecule has 2 aromatic rings. The van der Waals surface area contributed by atoms with Gasteiger partial charge in [-0.3, -0.25) is 14.8 Å². The third-order valence-electron chi connectivity index (χ3n) is 4.46. The molecule has 0 saturated carbocycles. The first-order valence-corrected chi connectivity index (χ1v) is 10.7. The van der Waals surface area contributed by atoms with Gasteiger partial charge in [0.2, 0.25) is 0 Å². The molecule has 148 valence electrons. The van der Waals surface area contributed by atoms with Crippen LogP contribution in [-0.2, 0) is 0 Å². The van der Waals surface area contributed by atoms with E-state index in [4.69, 9.17) is 4.85 Å². The van der Waals surface area contributed by atoms with Gasteiger partial charge in [-0.1, -0.05) is 35.4 Å². The van der Waals surface area contributed by atoms with Crippen LogP contribution in [0.5, 0.6) is 0 Å². The van der Waals surface area contributed by atoms with Crippen LogP contribution < -0.4 is 10.7 Å². The van der Waals surface area contributed by atoms with Crippen molar-refractivity contribution in [3.8, 4) is 0 Å². The van der Waals surface area contributed by atoms with Gasteiger partial charge in [-0.15, -0.1) is 4.85 Å². The fourth-order valence-electron chi connectivity index (χ4n) is 2.95. The Bertz CT molecular complexity index is 756. The molecule has 0 saturated heterocycles. The summed E-state index contributed by atoms with van der Waals surface area (Å²) in [4.78, 5) is 4.98. The molecule has 2 aromatic carbocycles. The third kappa shape index (κ3) is 5.33. The van der Waals surface area contributed by atoms with E-state index in [9.17, 15) is 0 Å². The Hall–Kier alpha value is -1.85. The Morgan fingerprint density at radius 2 is 1.19 bits per heavy atom. The van der Waals surface area contributed by atoms with E-state index in [1.165, 1.54) is 11.1 Å². The van der Waals surface area contributed by atoms with Crippen LogP contribution in [0.25, 0.3) is 0 Å². The van der Waals surface area contributed by atoms with E-state index < -0.39 is 7.51 Å². The molecule has 0 spiro atoms. The average Bonchev–Trinajstić information content (AvgIpc) is 2.62. The molecule has 0 heterocycles. The number of rotatable bonds is 8. The highest BCUT2D eigenvalue weighted by Crippen LogP contribution is 2.55. The van der Waals surface area contributed by atoms with Crippen LogP contribution in [-0.4, -0.2) is 55.9 Å². The molecule has 27 heavy (non-hydrogen) atoms. The molecule has 0 aromatic heterocycles. The Labute approximate surface area is 164 Å². The van der Waals surface area contributed by atoms with Crippen molar-refractivity contribution in [2.24, 2.45) is 4.85 Å². The molecule has 2 rings (SSSR count). The molecule has 0 radical (unpaired) electrons. The number of nitrogens with zero attached hydrogens (tertiary/aromatic N) is 4. The van der Waals surface area contributed by atoms with Crippen molar-refractivity contribution in [2.75, 3.05) is 52.6 Å². The van der Waals surface area contributed by atoms with Crippen molar-refractivity contribution in [3.63, 3.8) is 0 Å². The highest BCUT2D eigenvalue weighted by molar-refractivity contribution is 7.59. The summed E-state index contributed by atoms with van der Waals surface area (Å²) in [6.45, 7) is 4.87. The van der Waals surface area contributed by atoms with Crippen molar-refractivity contribution < 1.29 is 0 Å². The highest BCUT2D eigenvalue weighted by atomic mass is 31.2. The lowest BCUT2D eigenvalue weighted by Gasteiger charge is -2.42. The summed E-state index contributed by atoms with van der Waals surface area (Å²) in [6, 6.07) is 16.7. The summed E-state index contributed by atoms with van der Waals surface area (Å²) in [5.74, 6) is 0. The van der Waals surface area contributed by atoms with Gasteiger partial charge in [0.05, 0.1) is 12.4 Å². The fraction of sp³-hybridized carbons (Fsp3) is 0.400. The predicted molar refractivity (Wildman–Crippen MR) is 119 cm³/mol. The van der Waals surface area contributed by atoms with Crippen molar-refractivity contribution in [3.05, 3.63) is 59.7 Å². The number of nitrogens with one attached hydrogen (secondary N) is 2. The maximum Gasteiger partial charge on any atom is 0.191 e. The van der Waals surface area contributed by atoms with E-state index >= 15 is 0 Å². The standard InChI is InChI=1S/C20H33N6P/c1-17-8-12-19(13-9-17)21-16-26(7)27(24(3)4,25(5)6)23-22-20-14-10-18(2)11-15-20/h8-15,21-22H,16H2,1-7H3. The summed E-state index contributed by atoms with van der Waals surface area (Å²) in [5, 5.41) is 3.50. The minimum atomic E-state index is -2.10. The smallest absolute Gasteiger partial charge is 0.191 e. The molecule has 0 atom stereocenters. The minimum absolute atomic E-state index is 0.687. The highest BCUT2D eigenvalue weighted by Gasteiger charge is 2.31. The second kappa shape index (κ2) is 9.38.